The molecule has 1 aromatic heterocycles. The summed E-state index contributed by atoms with van der Waals surface area (Å²) in [5.74, 6) is 0.413. The summed E-state index contributed by atoms with van der Waals surface area (Å²) < 4.78 is 56.1. The summed E-state index contributed by atoms with van der Waals surface area (Å²) in [7, 11) is 1.91. The first-order valence-electron chi connectivity index (χ1n) is 12.9. The van der Waals surface area contributed by atoms with Crippen LogP contribution in [0.1, 0.15) is 57.7 Å². The highest BCUT2D eigenvalue weighted by Gasteiger charge is 2.62. The van der Waals surface area contributed by atoms with E-state index in [4.69, 9.17) is 0 Å². The predicted molar refractivity (Wildman–Crippen MR) is 147 cm³/mol. The fourth-order valence-corrected chi connectivity index (χ4v) is 5.16. The first-order valence-corrected chi connectivity index (χ1v) is 12.9. The maximum Gasteiger partial charge on any atom is 0.394 e. The number of nitrogens with zero attached hydrogens (tertiary/aromatic N) is 3. The molecule has 38 heavy (non-hydrogen) atoms. The molecule has 1 saturated carbocycles. The van der Waals surface area contributed by atoms with Gasteiger partial charge in [-0.25, -0.2) is 14.1 Å². The van der Waals surface area contributed by atoms with Crippen LogP contribution in [0, 0.1) is 22.6 Å². The van der Waals surface area contributed by atoms with Crippen molar-refractivity contribution in [2.75, 3.05) is 13.6 Å². The molecule has 4 nitrogen and oxygen atoms in total. The van der Waals surface area contributed by atoms with Gasteiger partial charge in [0.15, 0.2) is 5.82 Å². The van der Waals surface area contributed by atoms with Crippen LogP contribution < -0.4 is 5.32 Å². The van der Waals surface area contributed by atoms with Crippen molar-refractivity contribution in [1.82, 2.24) is 15.1 Å². The molecule has 0 spiro atoms. The van der Waals surface area contributed by atoms with Gasteiger partial charge in [0.25, 0.3) is 0 Å². The first-order chi connectivity index (χ1) is 17.8. The summed E-state index contributed by atoms with van der Waals surface area (Å²) in [4.78, 5) is 4.10. The van der Waals surface area contributed by atoms with E-state index in [0.717, 1.165) is 18.5 Å². The van der Waals surface area contributed by atoms with E-state index >= 15 is 0 Å². The number of benzene rings is 1. The lowest BCUT2D eigenvalue weighted by Crippen LogP contribution is -2.25. The Bertz CT molecular complexity index is 1200. The molecule has 1 atom stereocenters. The smallest absolute Gasteiger partial charge is 0.319 e. The summed E-state index contributed by atoms with van der Waals surface area (Å²) >= 11 is 0. The van der Waals surface area contributed by atoms with E-state index in [1.54, 1.807) is 36.5 Å². The first kappa shape index (κ1) is 29.6. The molecule has 0 amide bonds. The maximum absolute atomic E-state index is 14.7. The van der Waals surface area contributed by atoms with Crippen LogP contribution in [0.15, 0.2) is 65.8 Å². The Labute approximate surface area is 223 Å². The third-order valence-corrected chi connectivity index (χ3v) is 7.42. The Morgan fingerprint density at radius 1 is 1.21 bits per heavy atom. The SMILES string of the molecule is C=N/C(=C\C=C(\C(=C)c1ccccc1F)C(C)(C)CC(C)CNC)n1ccc(CCC2(C(F)(F)F)CC2)n1. The molecule has 8 heteroatoms. The number of hydrogen-bond acceptors (Lipinski definition) is 3. The van der Waals surface area contributed by atoms with E-state index in [1.165, 1.54) is 10.7 Å². The van der Waals surface area contributed by atoms with Crippen LogP contribution in [0.2, 0.25) is 0 Å². The molecule has 1 aliphatic rings. The average Bonchev–Trinajstić information content (AvgIpc) is 3.51. The van der Waals surface area contributed by atoms with Crippen LogP contribution in [-0.2, 0) is 6.42 Å². The van der Waals surface area contributed by atoms with Crippen molar-refractivity contribution in [3.8, 4) is 0 Å². The number of aromatic nitrogens is 2. The largest absolute Gasteiger partial charge is 0.394 e. The molecule has 206 valence electrons. The summed E-state index contributed by atoms with van der Waals surface area (Å²) in [5, 5.41) is 7.65. The molecule has 1 aliphatic carbocycles. The van der Waals surface area contributed by atoms with Gasteiger partial charge in [-0.2, -0.15) is 18.3 Å². The highest BCUT2D eigenvalue weighted by atomic mass is 19.4. The highest BCUT2D eigenvalue weighted by molar-refractivity contribution is 5.79. The van der Waals surface area contributed by atoms with Crippen LogP contribution in [0.25, 0.3) is 11.4 Å². The predicted octanol–water partition coefficient (Wildman–Crippen LogP) is 7.71. The minimum atomic E-state index is -4.18. The molecule has 0 saturated heterocycles. The van der Waals surface area contributed by atoms with Gasteiger partial charge in [0.2, 0.25) is 0 Å². The number of nitrogens with one attached hydrogen (secondary N) is 1. The molecule has 2 aromatic rings. The van der Waals surface area contributed by atoms with Crippen molar-refractivity contribution in [2.45, 2.75) is 59.1 Å². The number of hydrogen-bond donors (Lipinski definition) is 1. The van der Waals surface area contributed by atoms with Crippen molar-refractivity contribution in [3.63, 3.8) is 0 Å². The second-order valence-electron chi connectivity index (χ2n) is 11.0. The number of aryl methyl sites for hydroxylation is 1. The van der Waals surface area contributed by atoms with Gasteiger partial charge >= 0.3 is 6.18 Å². The molecule has 0 bridgehead atoms. The van der Waals surface area contributed by atoms with Gasteiger partial charge in [-0.3, -0.25) is 0 Å². The number of allylic oxidation sites excluding steroid dienone is 4. The molecule has 0 aliphatic heterocycles. The van der Waals surface area contributed by atoms with E-state index < -0.39 is 11.6 Å². The summed E-state index contributed by atoms with van der Waals surface area (Å²) in [6.45, 7) is 15.1. The van der Waals surface area contributed by atoms with Crippen molar-refractivity contribution in [2.24, 2.45) is 21.7 Å². The van der Waals surface area contributed by atoms with Crippen LogP contribution in [0.4, 0.5) is 17.6 Å². The standard InChI is InChI=1S/C30H38F4N4/c1-21(20-35-5)19-28(3,4)25(22(2)24-9-7-8-10-26(24)31)11-12-27(36-6)38-18-14-23(37-38)13-15-29(16-17-29)30(32,33)34/h7-12,14,18,21,35H,2,6,13,15-17,19-20H2,1,3-5H3/b25-11-,27-12+. The van der Waals surface area contributed by atoms with E-state index in [-0.39, 0.29) is 36.9 Å². The lowest BCUT2D eigenvalue weighted by molar-refractivity contribution is -0.188. The van der Waals surface area contributed by atoms with E-state index in [0.29, 0.717) is 28.6 Å². The minimum Gasteiger partial charge on any atom is -0.319 e. The van der Waals surface area contributed by atoms with E-state index in [2.05, 4.69) is 49.5 Å². The highest BCUT2D eigenvalue weighted by Crippen LogP contribution is 2.60. The zero-order valence-corrected chi connectivity index (χ0v) is 22.7. The molecule has 1 aromatic carbocycles. The Kier molecular flexibility index (Phi) is 9.18. The molecule has 3 rings (SSSR count). The third kappa shape index (κ3) is 6.90. The van der Waals surface area contributed by atoms with Crippen LogP contribution in [0.5, 0.6) is 0 Å². The number of rotatable bonds is 13. The molecule has 1 heterocycles. The molecule has 0 radical (unpaired) electrons. The quantitative estimate of drug-likeness (QED) is 0.164. The van der Waals surface area contributed by atoms with Crippen LogP contribution in [0.3, 0.4) is 0 Å². The summed E-state index contributed by atoms with van der Waals surface area (Å²) in [6.07, 6.45) is 2.55. The normalized spacial score (nSPS) is 16.8. The van der Waals surface area contributed by atoms with Crippen LogP contribution in [-0.4, -0.2) is 36.3 Å². The monoisotopic (exact) mass is 530 g/mol. The van der Waals surface area contributed by atoms with Crippen molar-refractivity contribution < 1.29 is 17.6 Å². The van der Waals surface area contributed by atoms with Crippen molar-refractivity contribution >= 4 is 18.1 Å². The second-order valence-corrected chi connectivity index (χ2v) is 11.0. The van der Waals surface area contributed by atoms with Crippen molar-refractivity contribution in [3.05, 3.63) is 77.9 Å². The van der Waals surface area contributed by atoms with E-state index in [9.17, 15) is 17.6 Å². The van der Waals surface area contributed by atoms with Crippen molar-refractivity contribution in [1.29, 1.82) is 0 Å². The van der Waals surface area contributed by atoms with Gasteiger partial charge in [0.1, 0.15) is 5.82 Å². The average molecular weight is 531 g/mol. The fraction of sp³-hybridized carbons (Fsp3) is 0.467. The van der Waals surface area contributed by atoms with Gasteiger partial charge in [-0.15, -0.1) is 0 Å². The number of alkyl halides is 3. The summed E-state index contributed by atoms with van der Waals surface area (Å²) in [6, 6.07) is 8.25. The van der Waals surface area contributed by atoms with Gasteiger partial charge < -0.3 is 5.32 Å². The van der Waals surface area contributed by atoms with Gasteiger partial charge in [-0.05, 0) is 93.1 Å². The molecule has 1 fully saturated rings. The zero-order valence-electron chi connectivity index (χ0n) is 22.7. The molecule has 1 N–H and O–H groups in total. The van der Waals surface area contributed by atoms with Gasteiger partial charge in [0.05, 0.1) is 11.1 Å². The van der Waals surface area contributed by atoms with Crippen LogP contribution >= 0.6 is 0 Å². The minimum absolute atomic E-state index is 0.0274. The topological polar surface area (TPSA) is 42.2 Å². The Morgan fingerprint density at radius 2 is 1.89 bits per heavy atom. The Balaban J connectivity index is 1.90. The maximum atomic E-state index is 14.7. The second kappa shape index (κ2) is 11.8. The number of aliphatic imine (C=N–C) groups is 1. The lowest BCUT2D eigenvalue weighted by Gasteiger charge is -2.32. The Hall–Kier alpha value is -3.00. The number of halogens is 4. The molecular weight excluding hydrogens is 492 g/mol. The lowest BCUT2D eigenvalue weighted by atomic mass is 9.73. The van der Waals surface area contributed by atoms with Gasteiger partial charge in [-0.1, -0.05) is 51.6 Å². The van der Waals surface area contributed by atoms with Gasteiger partial charge in [0, 0.05) is 11.8 Å². The van der Waals surface area contributed by atoms with E-state index in [1.807, 2.05) is 13.1 Å². The zero-order chi connectivity index (χ0) is 28.1. The third-order valence-electron chi connectivity index (χ3n) is 7.42. The summed E-state index contributed by atoms with van der Waals surface area (Å²) in [5.41, 5.74) is 0.495. The Morgan fingerprint density at radius 3 is 2.47 bits per heavy atom. The molecular formula is C30H38F4N4. The fourth-order valence-electron chi connectivity index (χ4n) is 5.16. The molecule has 1 unspecified atom stereocenters.